The van der Waals surface area contributed by atoms with E-state index in [1.165, 1.54) is 12.1 Å². The van der Waals surface area contributed by atoms with E-state index < -0.39 is 23.5 Å². The van der Waals surface area contributed by atoms with Gasteiger partial charge in [-0.05, 0) is 37.1 Å². The second-order valence-corrected chi connectivity index (χ2v) is 8.23. The van der Waals surface area contributed by atoms with Crippen LogP contribution >= 0.6 is 11.8 Å². The molecular weight excluding hydrogens is 440 g/mol. The summed E-state index contributed by atoms with van der Waals surface area (Å²) in [5.41, 5.74) is -5.65. The highest BCUT2D eigenvalue weighted by Gasteiger charge is 2.71. The summed E-state index contributed by atoms with van der Waals surface area (Å²) in [4.78, 5) is 3.06. The first-order valence-corrected chi connectivity index (χ1v) is 10.8. The van der Waals surface area contributed by atoms with E-state index in [4.69, 9.17) is 0 Å². The molecule has 0 saturated heterocycles. The summed E-state index contributed by atoms with van der Waals surface area (Å²) in [6.45, 7) is 4.53. The van der Waals surface area contributed by atoms with Crippen LogP contribution in [-0.2, 0) is 5.60 Å². The average molecular weight is 466 g/mol. The second kappa shape index (κ2) is 10.2. The van der Waals surface area contributed by atoms with E-state index in [-0.39, 0.29) is 6.04 Å². The van der Waals surface area contributed by atoms with Crippen LogP contribution in [0.2, 0.25) is 0 Å². The van der Waals surface area contributed by atoms with Crippen molar-refractivity contribution < 1.29 is 31.4 Å². The number of rotatable bonds is 9. The molecule has 31 heavy (non-hydrogen) atoms. The summed E-state index contributed by atoms with van der Waals surface area (Å²) < 4.78 is 78.8. The van der Waals surface area contributed by atoms with Crippen molar-refractivity contribution in [3.8, 4) is 0 Å². The summed E-state index contributed by atoms with van der Waals surface area (Å²) in [6.07, 6.45) is -10.3. The maximum absolute atomic E-state index is 13.1. The van der Waals surface area contributed by atoms with Crippen LogP contribution in [0, 0.1) is 0 Å². The van der Waals surface area contributed by atoms with E-state index in [9.17, 15) is 31.4 Å². The summed E-state index contributed by atoms with van der Waals surface area (Å²) in [5.74, 6) is 0.706. The average Bonchev–Trinajstić information content (AvgIpc) is 2.72. The Morgan fingerprint density at radius 1 is 0.871 bits per heavy atom. The number of nitrogens with zero attached hydrogens (tertiary/aromatic N) is 1. The van der Waals surface area contributed by atoms with Gasteiger partial charge in [-0.1, -0.05) is 44.2 Å². The topological polar surface area (TPSA) is 23.5 Å². The lowest BCUT2D eigenvalue weighted by atomic mass is 9.92. The number of halogens is 6. The first-order valence-electron chi connectivity index (χ1n) is 9.86. The fraction of sp³-hybridized carbons (Fsp3) is 0.455. The van der Waals surface area contributed by atoms with E-state index >= 15 is 0 Å². The Hall–Kier alpha value is -1.87. The molecule has 0 aliphatic carbocycles. The third-order valence-corrected chi connectivity index (χ3v) is 6.16. The van der Waals surface area contributed by atoms with Crippen LogP contribution in [-0.4, -0.2) is 35.8 Å². The number of benzene rings is 2. The van der Waals surface area contributed by atoms with Gasteiger partial charge >= 0.3 is 12.4 Å². The largest absolute Gasteiger partial charge is 0.430 e. The third kappa shape index (κ3) is 5.68. The molecule has 1 atom stereocenters. The second-order valence-electron chi connectivity index (χ2n) is 7.13. The minimum absolute atomic E-state index is 0.0279. The zero-order valence-electron chi connectivity index (χ0n) is 17.2. The van der Waals surface area contributed by atoms with E-state index in [2.05, 4.69) is 0 Å². The van der Waals surface area contributed by atoms with Crippen molar-refractivity contribution in [3.63, 3.8) is 0 Å². The fourth-order valence-electron chi connectivity index (χ4n) is 3.28. The molecule has 0 aromatic heterocycles. The maximum atomic E-state index is 13.1. The Balaban J connectivity index is 2.30. The Labute approximate surface area is 182 Å². The van der Waals surface area contributed by atoms with Crippen molar-refractivity contribution in [2.24, 2.45) is 0 Å². The smallest absolute Gasteiger partial charge is 0.369 e. The molecule has 0 unspecified atom stereocenters. The number of hydrogen-bond acceptors (Lipinski definition) is 3. The highest BCUT2D eigenvalue weighted by Crippen LogP contribution is 2.50. The summed E-state index contributed by atoms with van der Waals surface area (Å²) >= 11 is 1.64. The lowest BCUT2D eigenvalue weighted by Crippen LogP contribution is -2.53. The lowest BCUT2D eigenvalue weighted by molar-refractivity contribution is -0.376. The van der Waals surface area contributed by atoms with E-state index in [0.717, 1.165) is 17.7 Å². The molecule has 0 amide bonds. The van der Waals surface area contributed by atoms with Gasteiger partial charge in [0.25, 0.3) is 5.60 Å². The Bertz CT molecular complexity index is 793. The monoisotopic (exact) mass is 465 g/mol. The Kier molecular flexibility index (Phi) is 8.33. The molecule has 2 rings (SSSR count). The number of hydrogen-bond donors (Lipinski definition) is 1. The lowest BCUT2D eigenvalue weighted by Gasteiger charge is -2.35. The molecule has 0 fully saturated rings. The molecule has 1 N–H and O–H groups in total. The van der Waals surface area contributed by atoms with Gasteiger partial charge in [0.1, 0.15) is 0 Å². The van der Waals surface area contributed by atoms with Crippen molar-refractivity contribution in [1.29, 1.82) is 0 Å². The molecule has 0 saturated carbocycles. The van der Waals surface area contributed by atoms with Crippen molar-refractivity contribution in [2.45, 2.75) is 55.6 Å². The van der Waals surface area contributed by atoms with Crippen LogP contribution in [0.3, 0.4) is 0 Å². The number of alkyl halides is 6. The van der Waals surface area contributed by atoms with E-state index in [1.807, 2.05) is 49.1 Å². The number of aliphatic hydroxyl groups is 1. The molecule has 0 aliphatic heterocycles. The fourth-order valence-corrected chi connectivity index (χ4v) is 4.43. The van der Waals surface area contributed by atoms with Gasteiger partial charge in [-0.2, -0.15) is 26.3 Å². The summed E-state index contributed by atoms with van der Waals surface area (Å²) in [6, 6.07) is 13.6. The predicted octanol–water partition coefficient (Wildman–Crippen LogP) is 6.79. The van der Waals surface area contributed by atoms with Crippen molar-refractivity contribution >= 4 is 17.4 Å². The molecule has 0 bridgehead atoms. The SMILES string of the molecule is CCCN(c1ccc(C(O)(C(F)(F)F)C(F)(F)F)cc1)[C@H](CC)CSc1ccccc1. The highest BCUT2D eigenvalue weighted by atomic mass is 32.2. The molecular formula is C22H25F6NOS. The normalized spacial score (nSPS) is 13.8. The summed E-state index contributed by atoms with van der Waals surface area (Å²) in [5, 5.41) is 9.59. The molecule has 2 nitrogen and oxygen atoms in total. The quantitative estimate of drug-likeness (QED) is 0.326. The highest BCUT2D eigenvalue weighted by molar-refractivity contribution is 7.99. The molecule has 0 radical (unpaired) electrons. The van der Waals surface area contributed by atoms with Crippen LogP contribution in [0.4, 0.5) is 32.0 Å². The van der Waals surface area contributed by atoms with E-state index in [1.54, 1.807) is 11.8 Å². The Morgan fingerprint density at radius 3 is 1.87 bits per heavy atom. The predicted molar refractivity (Wildman–Crippen MR) is 111 cm³/mol. The molecule has 0 aliphatic rings. The van der Waals surface area contributed by atoms with Crippen molar-refractivity contribution in [2.75, 3.05) is 17.2 Å². The molecule has 9 heteroatoms. The first-order chi connectivity index (χ1) is 14.5. The van der Waals surface area contributed by atoms with Crippen molar-refractivity contribution in [3.05, 3.63) is 60.2 Å². The molecule has 2 aromatic carbocycles. The van der Waals surface area contributed by atoms with Gasteiger partial charge in [-0.15, -0.1) is 11.8 Å². The summed E-state index contributed by atoms with van der Waals surface area (Å²) in [7, 11) is 0. The van der Waals surface area contributed by atoms with Gasteiger partial charge in [-0.3, -0.25) is 0 Å². The van der Waals surface area contributed by atoms with Gasteiger partial charge in [0.2, 0.25) is 0 Å². The Morgan fingerprint density at radius 2 is 1.42 bits per heavy atom. The van der Waals surface area contributed by atoms with Gasteiger partial charge in [0.15, 0.2) is 0 Å². The number of anilines is 1. The zero-order chi connectivity index (χ0) is 23.3. The molecule has 0 heterocycles. The third-order valence-electron chi connectivity index (χ3n) is 5.00. The van der Waals surface area contributed by atoms with Crippen LogP contribution in [0.15, 0.2) is 59.5 Å². The molecule has 0 spiro atoms. The van der Waals surface area contributed by atoms with Crippen LogP contribution in [0.25, 0.3) is 0 Å². The standard InChI is InChI=1S/C22H25F6NOS/c1-3-14-29(17(4-2)15-31-19-8-6-5-7-9-19)18-12-10-16(11-13-18)20(30,21(23,24)25)22(26,27)28/h5-13,17,30H,3-4,14-15H2,1-2H3/t17-/m1/s1. The van der Waals surface area contributed by atoms with Crippen LogP contribution in [0.5, 0.6) is 0 Å². The van der Waals surface area contributed by atoms with Crippen LogP contribution in [0.1, 0.15) is 32.3 Å². The molecule has 172 valence electrons. The van der Waals surface area contributed by atoms with Gasteiger partial charge in [0.05, 0.1) is 0 Å². The van der Waals surface area contributed by atoms with Gasteiger partial charge < -0.3 is 10.0 Å². The van der Waals surface area contributed by atoms with Gasteiger partial charge in [0, 0.05) is 34.5 Å². The van der Waals surface area contributed by atoms with Crippen LogP contribution < -0.4 is 4.90 Å². The zero-order valence-corrected chi connectivity index (χ0v) is 18.0. The first kappa shape index (κ1) is 25.4. The van der Waals surface area contributed by atoms with Crippen molar-refractivity contribution in [1.82, 2.24) is 0 Å². The molecule has 2 aromatic rings. The number of thioether (sulfide) groups is 1. The van der Waals surface area contributed by atoms with E-state index in [0.29, 0.717) is 30.1 Å². The minimum Gasteiger partial charge on any atom is -0.369 e. The van der Waals surface area contributed by atoms with Gasteiger partial charge in [-0.25, -0.2) is 0 Å². The minimum atomic E-state index is -5.89. The maximum Gasteiger partial charge on any atom is 0.430 e.